The zero-order chi connectivity index (χ0) is 24.3. The van der Waals surface area contributed by atoms with Crippen molar-refractivity contribution >= 4 is 29.7 Å². The van der Waals surface area contributed by atoms with Crippen LogP contribution in [-0.4, -0.2) is 64.5 Å². The lowest BCUT2D eigenvalue weighted by Gasteiger charge is -2.22. The Kier molecular flexibility index (Phi) is 10.8. The largest absolute Gasteiger partial charge is 0.481 e. The van der Waals surface area contributed by atoms with Gasteiger partial charge in [-0.2, -0.15) is 0 Å². The number of nitrogens with two attached hydrogens (primary N) is 1. The van der Waals surface area contributed by atoms with E-state index >= 15 is 0 Å². The first-order chi connectivity index (χ1) is 15.0. The summed E-state index contributed by atoms with van der Waals surface area (Å²) in [6, 6.07) is 5.09. The fraction of sp³-hybridized carbons (Fsp3) is 0.476. The average Bonchev–Trinajstić information content (AvgIpc) is 2.75. The molecular formula is C21H30N4O7. The van der Waals surface area contributed by atoms with Crippen molar-refractivity contribution in [3.8, 4) is 0 Å². The first-order valence-corrected chi connectivity index (χ1v) is 10.2. The van der Waals surface area contributed by atoms with Gasteiger partial charge in [0.25, 0.3) is 0 Å². The van der Waals surface area contributed by atoms with Crippen LogP contribution >= 0.6 is 0 Å². The highest BCUT2D eigenvalue weighted by atomic mass is 16.4. The molecule has 4 unspecified atom stereocenters. The van der Waals surface area contributed by atoms with Crippen molar-refractivity contribution < 1.29 is 34.2 Å². The lowest BCUT2D eigenvalue weighted by Crippen LogP contribution is -2.55. The maximum atomic E-state index is 12.4. The Hall–Kier alpha value is -3.47. The van der Waals surface area contributed by atoms with Gasteiger partial charge in [-0.05, 0) is 11.5 Å². The number of hydrogen-bond donors (Lipinski definition) is 6. The van der Waals surface area contributed by atoms with E-state index in [1.54, 1.807) is 37.3 Å². The molecule has 0 heterocycles. The molecule has 0 radical (unpaired) electrons. The van der Waals surface area contributed by atoms with E-state index in [-0.39, 0.29) is 12.3 Å². The maximum Gasteiger partial charge on any atom is 0.326 e. The molecule has 0 aliphatic rings. The molecule has 0 aliphatic carbocycles. The van der Waals surface area contributed by atoms with Crippen LogP contribution in [0.25, 0.3) is 0 Å². The number of hydrogen-bond acceptors (Lipinski definition) is 6. The van der Waals surface area contributed by atoms with Gasteiger partial charge >= 0.3 is 11.9 Å². The molecule has 1 aromatic carbocycles. The van der Waals surface area contributed by atoms with Gasteiger partial charge in [0.05, 0.1) is 19.0 Å². The van der Waals surface area contributed by atoms with Crippen molar-refractivity contribution in [3.05, 3.63) is 35.9 Å². The van der Waals surface area contributed by atoms with Crippen molar-refractivity contribution in [1.82, 2.24) is 16.0 Å². The predicted molar refractivity (Wildman–Crippen MR) is 114 cm³/mol. The zero-order valence-electron chi connectivity index (χ0n) is 18.0. The van der Waals surface area contributed by atoms with Gasteiger partial charge in [0.1, 0.15) is 12.1 Å². The summed E-state index contributed by atoms with van der Waals surface area (Å²) in [6.07, 6.45) is -0.0580. The van der Waals surface area contributed by atoms with Crippen LogP contribution in [0.5, 0.6) is 0 Å². The van der Waals surface area contributed by atoms with Crippen LogP contribution in [0.1, 0.15) is 32.3 Å². The first-order valence-electron chi connectivity index (χ1n) is 10.2. The standard InChI is InChI=1S/C21H30N4O7/c1-3-12(2)18(22)20(30)25-14(10-17(27)28)19(29)23-11-16(26)24-15(21(31)32)9-13-7-5-4-6-8-13/h4-8,12,14-15,18H,3,9-11,22H2,1-2H3,(H,23,29)(H,24,26)(H,25,30)(H,27,28)(H,31,32). The number of carbonyl (C=O) groups is 5. The van der Waals surface area contributed by atoms with E-state index in [0.717, 1.165) is 0 Å². The molecule has 0 aliphatic heterocycles. The SMILES string of the molecule is CCC(C)C(N)C(=O)NC(CC(=O)O)C(=O)NCC(=O)NC(Cc1ccccc1)C(=O)O. The van der Waals surface area contributed by atoms with Gasteiger partial charge in [-0.1, -0.05) is 50.6 Å². The molecule has 0 aromatic heterocycles. The Balaban J connectivity index is 2.69. The minimum absolute atomic E-state index is 0.0427. The molecule has 0 saturated heterocycles. The fourth-order valence-electron chi connectivity index (χ4n) is 2.75. The smallest absolute Gasteiger partial charge is 0.326 e. The second-order valence-electron chi connectivity index (χ2n) is 7.44. The van der Waals surface area contributed by atoms with Crippen LogP contribution in [0.3, 0.4) is 0 Å². The number of nitrogens with one attached hydrogen (secondary N) is 3. The molecule has 7 N–H and O–H groups in total. The highest BCUT2D eigenvalue weighted by molar-refractivity contribution is 5.94. The van der Waals surface area contributed by atoms with Crippen LogP contribution in [-0.2, 0) is 30.4 Å². The minimum Gasteiger partial charge on any atom is -0.481 e. The number of carboxylic acid groups (broad SMARTS) is 2. The second-order valence-corrected chi connectivity index (χ2v) is 7.44. The Bertz CT molecular complexity index is 816. The van der Waals surface area contributed by atoms with Crippen molar-refractivity contribution in [2.75, 3.05) is 6.54 Å². The topological polar surface area (TPSA) is 188 Å². The molecule has 11 heteroatoms. The van der Waals surface area contributed by atoms with Crippen LogP contribution in [0.4, 0.5) is 0 Å². The molecule has 3 amide bonds. The van der Waals surface area contributed by atoms with Crippen molar-refractivity contribution in [1.29, 1.82) is 0 Å². The number of amides is 3. The Morgan fingerprint density at radius 3 is 2.12 bits per heavy atom. The molecule has 0 fully saturated rings. The maximum absolute atomic E-state index is 12.4. The number of carboxylic acids is 2. The lowest BCUT2D eigenvalue weighted by molar-refractivity contribution is -0.142. The summed E-state index contributed by atoms with van der Waals surface area (Å²) in [7, 11) is 0. The monoisotopic (exact) mass is 450 g/mol. The molecular weight excluding hydrogens is 420 g/mol. The number of aliphatic carboxylic acids is 2. The van der Waals surface area contributed by atoms with Gasteiger partial charge in [0, 0.05) is 6.42 Å². The van der Waals surface area contributed by atoms with Gasteiger partial charge < -0.3 is 31.9 Å². The summed E-state index contributed by atoms with van der Waals surface area (Å²) in [6.45, 7) is 2.98. The van der Waals surface area contributed by atoms with Crippen molar-refractivity contribution in [2.24, 2.45) is 11.7 Å². The molecule has 0 bridgehead atoms. The third kappa shape index (κ3) is 9.13. The molecule has 32 heavy (non-hydrogen) atoms. The summed E-state index contributed by atoms with van der Waals surface area (Å²) < 4.78 is 0. The fourth-order valence-corrected chi connectivity index (χ4v) is 2.75. The highest BCUT2D eigenvalue weighted by Gasteiger charge is 2.28. The summed E-state index contributed by atoms with van der Waals surface area (Å²) in [5.41, 5.74) is 6.51. The van der Waals surface area contributed by atoms with Crippen LogP contribution in [0.2, 0.25) is 0 Å². The molecule has 176 valence electrons. The van der Waals surface area contributed by atoms with E-state index in [1.165, 1.54) is 0 Å². The lowest BCUT2D eigenvalue weighted by atomic mass is 9.99. The van der Waals surface area contributed by atoms with Crippen LogP contribution in [0, 0.1) is 5.92 Å². The Morgan fingerprint density at radius 1 is 0.969 bits per heavy atom. The summed E-state index contributed by atoms with van der Waals surface area (Å²) >= 11 is 0. The molecule has 4 atom stereocenters. The van der Waals surface area contributed by atoms with E-state index in [9.17, 15) is 29.1 Å². The van der Waals surface area contributed by atoms with Gasteiger partial charge in [0.2, 0.25) is 17.7 Å². The van der Waals surface area contributed by atoms with Crippen molar-refractivity contribution in [2.45, 2.75) is 51.2 Å². The number of carbonyl (C=O) groups excluding carboxylic acids is 3. The summed E-state index contributed by atoms with van der Waals surface area (Å²) in [5.74, 6) is -5.13. The second kappa shape index (κ2) is 13.1. The van der Waals surface area contributed by atoms with E-state index in [0.29, 0.717) is 12.0 Å². The Morgan fingerprint density at radius 2 is 1.59 bits per heavy atom. The molecule has 0 saturated carbocycles. The van der Waals surface area contributed by atoms with E-state index in [1.807, 2.05) is 6.92 Å². The summed E-state index contributed by atoms with van der Waals surface area (Å²) in [4.78, 5) is 59.3. The van der Waals surface area contributed by atoms with E-state index < -0.39 is 60.8 Å². The van der Waals surface area contributed by atoms with Gasteiger partial charge in [-0.15, -0.1) is 0 Å². The summed E-state index contributed by atoms with van der Waals surface area (Å²) in [5, 5.41) is 25.2. The first kappa shape index (κ1) is 26.6. The third-order valence-corrected chi connectivity index (χ3v) is 4.91. The quantitative estimate of drug-likeness (QED) is 0.226. The highest BCUT2D eigenvalue weighted by Crippen LogP contribution is 2.06. The minimum atomic E-state index is -1.44. The zero-order valence-corrected chi connectivity index (χ0v) is 18.0. The third-order valence-electron chi connectivity index (χ3n) is 4.91. The van der Waals surface area contributed by atoms with E-state index in [2.05, 4.69) is 16.0 Å². The van der Waals surface area contributed by atoms with Gasteiger partial charge in [0.15, 0.2) is 0 Å². The van der Waals surface area contributed by atoms with Crippen LogP contribution in [0.15, 0.2) is 30.3 Å². The van der Waals surface area contributed by atoms with E-state index in [4.69, 9.17) is 10.8 Å². The van der Waals surface area contributed by atoms with Gasteiger partial charge in [-0.3, -0.25) is 19.2 Å². The number of rotatable bonds is 13. The predicted octanol–water partition coefficient (Wildman–Crippen LogP) is -0.752. The molecule has 1 rings (SSSR count). The normalized spacial score (nSPS) is 14.3. The molecule has 0 spiro atoms. The van der Waals surface area contributed by atoms with Crippen molar-refractivity contribution in [3.63, 3.8) is 0 Å². The van der Waals surface area contributed by atoms with Crippen LogP contribution < -0.4 is 21.7 Å². The number of benzene rings is 1. The average molecular weight is 450 g/mol. The Labute approximate surface area is 185 Å². The molecule has 1 aromatic rings. The molecule has 11 nitrogen and oxygen atoms in total. The van der Waals surface area contributed by atoms with Gasteiger partial charge in [-0.25, -0.2) is 4.79 Å².